The summed E-state index contributed by atoms with van der Waals surface area (Å²) >= 11 is 0. The van der Waals surface area contributed by atoms with Gasteiger partial charge in [-0.25, -0.2) is 9.59 Å². The highest BCUT2D eigenvalue weighted by atomic mass is 16.6. The molecule has 22 heavy (non-hydrogen) atoms. The van der Waals surface area contributed by atoms with E-state index in [1.165, 1.54) is 0 Å². The van der Waals surface area contributed by atoms with Crippen molar-refractivity contribution in [3.05, 3.63) is 25.3 Å². The summed E-state index contributed by atoms with van der Waals surface area (Å²) in [5.74, 6) is -1.60. The standard InChI is InChI=1S/C16H24O6/c1-7-12(17)20-10-15(3,4)9-14(19)22-16(5,6)11-21-13(18)8-2/h7-8H,1-2,9-11H2,3-6H3. The van der Waals surface area contributed by atoms with Crippen LogP contribution in [0.1, 0.15) is 34.1 Å². The molecule has 0 radical (unpaired) electrons. The molecule has 0 atom stereocenters. The van der Waals surface area contributed by atoms with Crippen molar-refractivity contribution >= 4 is 17.9 Å². The summed E-state index contributed by atoms with van der Waals surface area (Å²) in [5, 5.41) is 0. The van der Waals surface area contributed by atoms with Gasteiger partial charge in [0.05, 0.1) is 13.0 Å². The van der Waals surface area contributed by atoms with Gasteiger partial charge in [-0.1, -0.05) is 27.0 Å². The van der Waals surface area contributed by atoms with Gasteiger partial charge in [-0.15, -0.1) is 0 Å². The molecule has 0 fully saturated rings. The van der Waals surface area contributed by atoms with Gasteiger partial charge in [0.1, 0.15) is 12.2 Å². The monoisotopic (exact) mass is 312 g/mol. The third-order valence-electron chi connectivity index (χ3n) is 2.51. The number of carbonyl (C=O) groups is 3. The van der Waals surface area contributed by atoms with Crippen LogP contribution >= 0.6 is 0 Å². The van der Waals surface area contributed by atoms with Crippen molar-refractivity contribution in [1.82, 2.24) is 0 Å². The van der Waals surface area contributed by atoms with E-state index < -0.39 is 28.9 Å². The van der Waals surface area contributed by atoms with Gasteiger partial charge in [-0.05, 0) is 13.8 Å². The normalized spacial score (nSPS) is 11.3. The van der Waals surface area contributed by atoms with E-state index in [0.29, 0.717) is 0 Å². The number of ether oxygens (including phenoxy) is 3. The lowest BCUT2D eigenvalue weighted by Crippen LogP contribution is -2.36. The number of rotatable bonds is 9. The maximum Gasteiger partial charge on any atom is 0.330 e. The first kappa shape index (κ1) is 19.9. The molecule has 0 aromatic heterocycles. The lowest BCUT2D eigenvalue weighted by Gasteiger charge is -2.28. The van der Waals surface area contributed by atoms with E-state index in [-0.39, 0.29) is 19.6 Å². The lowest BCUT2D eigenvalue weighted by atomic mass is 9.90. The second-order valence-corrected chi connectivity index (χ2v) is 6.20. The minimum atomic E-state index is -0.955. The topological polar surface area (TPSA) is 78.9 Å². The van der Waals surface area contributed by atoms with Gasteiger partial charge in [0.25, 0.3) is 0 Å². The molecule has 0 aromatic rings. The van der Waals surface area contributed by atoms with Gasteiger partial charge in [0.15, 0.2) is 0 Å². The summed E-state index contributed by atoms with van der Waals surface area (Å²) in [6.07, 6.45) is 2.15. The van der Waals surface area contributed by atoms with Crippen molar-refractivity contribution in [2.24, 2.45) is 5.41 Å². The molecule has 0 aliphatic carbocycles. The minimum Gasteiger partial charge on any atom is -0.462 e. The zero-order chi connectivity index (χ0) is 17.4. The first-order valence-corrected chi connectivity index (χ1v) is 6.81. The van der Waals surface area contributed by atoms with Crippen LogP contribution in [0.3, 0.4) is 0 Å². The molecule has 0 spiro atoms. The van der Waals surface area contributed by atoms with Crippen LogP contribution in [0.4, 0.5) is 0 Å². The van der Waals surface area contributed by atoms with Crippen LogP contribution in [0.15, 0.2) is 25.3 Å². The lowest BCUT2D eigenvalue weighted by molar-refractivity contribution is -0.169. The van der Waals surface area contributed by atoms with Crippen LogP contribution in [0.2, 0.25) is 0 Å². The summed E-state index contributed by atoms with van der Waals surface area (Å²) in [6.45, 7) is 13.4. The van der Waals surface area contributed by atoms with Crippen LogP contribution in [-0.2, 0) is 28.6 Å². The molecule has 0 amide bonds. The van der Waals surface area contributed by atoms with Crippen molar-refractivity contribution in [3.63, 3.8) is 0 Å². The smallest absolute Gasteiger partial charge is 0.330 e. The fourth-order valence-corrected chi connectivity index (χ4v) is 1.44. The molecule has 0 heterocycles. The third kappa shape index (κ3) is 8.94. The predicted molar refractivity (Wildman–Crippen MR) is 80.9 cm³/mol. The Labute approximate surface area is 131 Å². The van der Waals surface area contributed by atoms with Gasteiger partial charge in [-0.3, -0.25) is 4.79 Å². The van der Waals surface area contributed by atoms with Crippen LogP contribution in [-0.4, -0.2) is 36.7 Å². The van der Waals surface area contributed by atoms with E-state index >= 15 is 0 Å². The summed E-state index contributed by atoms with van der Waals surface area (Å²) in [6, 6.07) is 0. The van der Waals surface area contributed by atoms with Crippen LogP contribution < -0.4 is 0 Å². The Morgan fingerprint density at radius 2 is 1.36 bits per heavy atom. The molecule has 6 nitrogen and oxygen atoms in total. The fourth-order valence-electron chi connectivity index (χ4n) is 1.44. The van der Waals surface area contributed by atoms with Gasteiger partial charge in [-0.2, -0.15) is 0 Å². The summed E-state index contributed by atoms with van der Waals surface area (Å²) in [5.41, 5.74) is -1.53. The molecule has 0 unspecified atom stereocenters. The Balaban J connectivity index is 4.40. The second kappa shape index (κ2) is 8.36. The largest absolute Gasteiger partial charge is 0.462 e. The molecule has 0 saturated carbocycles. The van der Waals surface area contributed by atoms with E-state index in [0.717, 1.165) is 12.2 Å². The van der Waals surface area contributed by atoms with Crippen molar-refractivity contribution < 1.29 is 28.6 Å². The Hall–Kier alpha value is -2.11. The Morgan fingerprint density at radius 3 is 1.82 bits per heavy atom. The van der Waals surface area contributed by atoms with Crippen molar-refractivity contribution in [2.75, 3.05) is 13.2 Å². The average molecular weight is 312 g/mol. The molecule has 0 rings (SSSR count). The zero-order valence-electron chi connectivity index (χ0n) is 13.6. The highest BCUT2D eigenvalue weighted by molar-refractivity contribution is 5.81. The molecule has 0 saturated heterocycles. The van der Waals surface area contributed by atoms with Crippen LogP contribution in [0.5, 0.6) is 0 Å². The summed E-state index contributed by atoms with van der Waals surface area (Å²) in [4.78, 5) is 34.0. The van der Waals surface area contributed by atoms with E-state index in [1.807, 2.05) is 0 Å². The Morgan fingerprint density at radius 1 is 0.909 bits per heavy atom. The number of hydrogen-bond acceptors (Lipinski definition) is 6. The van der Waals surface area contributed by atoms with E-state index in [1.54, 1.807) is 27.7 Å². The molecule has 0 aliphatic rings. The van der Waals surface area contributed by atoms with E-state index in [2.05, 4.69) is 13.2 Å². The Bertz CT molecular complexity index is 408. The quantitative estimate of drug-likeness (QED) is 0.369. The molecule has 0 bridgehead atoms. The maximum atomic E-state index is 12.0. The summed E-state index contributed by atoms with van der Waals surface area (Å²) in [7, 11) is 0. The summed E-state index contributed by atoms with van der Waals surface area (Å²) < 4.78 is 15.1. The fraction of sp³-hybridized carbons (Fsp3) is 0.562. The predicted octanol–water partition coefficient (Wildman–Crippen LogP) is 2.18. The number of carbonyl (C=O) groups excluding carboxylic acids is 3. The molecule has 0 N–H and O–H groups in total. The SMILES string of the molecule is C=CC(=O)OCC(C)(C)CC(=O)OC(C)(C)COC(=O)C=C. The van der Waals surface area contributed by atoms with Crippen LogP contribution in [0.25, 0.3) is 0 Å². The average Bonchev–Trinajstić information content (AvgIpc) is 2.40. The van der Waals surface area contributed by atoms with Gasteiger partial charge in [0.2, 0.25) is 0 Å². The van der Waals surface area contributed by atoms with Crippen molar-refractivity contribution in [2.45, 2.75) is 39.7 Å². The molecule has 0 aromatic carbocycles. The van der Waals surface area contributed by atoms with Gasteiger partial charge >= 0.3 is 17.9 Å². The van der Waals surface area contributed by atoms with Gasteiger partial charge in [0, 0.05) is 17.6 Å². The molecule has 124 valence electrons. The van der Waals surface area contributed by atoms with E-state index in [9.17, 15) is 14.4 Å². The molecule has 0 aliphatic heterocycles. The molecular weight excluding hydrogens is 288 g/mol. The van der Waals surface area contributed by atoms with Crippen molar-refractivity contribution in [1.29, 1.82) is 0 Å². The first-order valence-electron chi connectivity index (χ1n) is 6.81. The molecular formula is C16H24O6. The first-order chi connectivity index (χ1) is 10.0. The maximum absolute atomic E-state index is 12.0. The second-order valence-electron chi connectivity index (χ2n) is 6.20. The van der Waals surface area contributed by atoms with Crippen molar-refractivity contribution in [3.8, 4) is 0 Å². The van der Waals surface area contributed by atoms with Gasteiger partial charge < -0.3 is 14.2 Å². The highest BCUT2D eigenvalue weighted by Crippen LogP contribution is 2.23. The molecule has 6 heteroatoms. The van der Waals surface area contributed by atoms with Crippen LogP contribution in [0, 0.1) is 5.41 Å². The zero-order valence-corrected chi connectivity index (χ0v) is 13.6. The Kier molecular flexibility index (Phi) is 7.56. The van der Waals surface area contributed by atoms with E-state index in [4.69, 9.17) is 14.2 Å². The minimum absolute atomic E-state index is 0.0518. The third-order valence-corrected chi connectivity index (χ3v) is 2.51. The number of esters is 3. The highest BCUT2D eigenvalue weighted by Gasteiger charge is 2.30. The number of hydrogen-bond donors (Lipinski definition) is 0.